The first-order valence-electron chi connectivity index (χ1n) is 7.57. The predicted molar refractivity (Wildman–Crippen MR) is 82.9 cm³/mol. The number of rotatable bonds is 1. The van der Waals surface area contributed by atoms with Gasteiger partial charge in [0, 0.05) is 11.8 Å². The Hall–Kier alpha value is -2.94. The number of nitriles is 3. The molecule has 1 aliphatic heterocycles. The third kappa shape index (κ3) is 2.05. The molecule has 5 nitrogen and oxygen atoms in total. The van der Waals surface area contributed by atoms with Gasteiger partial charge in [-0.3, -0.25) is 0 Å². The molecule has 0 amide bonds. The van der Waals surface area contributed by atoms with Crippen LogP contribution in [0, 0.1) is 56.7 Å². The molecule has 1 fully saturated rings. The van der Waals surface area contributed by atoms with Crippen molar-refractivity contribution in [3.05, 3.63) is 47.5 Å². The third-order valence-corrected chi connectivity index (χ3v) is 4.93. The lowest BCUT2D eigenvalue weighted by atomic mass is 9.54. The van der Waals surface area contributed by atoms with Gasteiger partial charge in [-0.2, -0.15) is 15.8 Å². The van der Waals surface area contributed by atoms with Crippen LogP contribution >= 0.6 is 0 Å². The highest BCUT2D eigenvalue weighted by molar-refractivity contribution is 6.00. The van der Waals surface area contributed by atoms with Gasteiger partial charge >= 0.3 is 0 Å². The van der Waals surface area contributed by atoms with E-state index in [2.05, 4.69) is 23.5 Å². The average Bonchev–Trinajstić information content (AvgIpc) is 2.61. The fourth-order valence-corrected chi connectivity index (χ4v) is 3.87. The lowest BCUT2D eigenvalue weighted by molar-refractivity contribution is -0.654. The maximum Gasteiger partial charge on any atom is 0.189 e. The number of nitrogens with zero attached hydrogens (tertiary/aromatic N) is 3. The Morgan fingerprint density at radius 2 is 1.83 bits per heavy atom. The molecule has 112 valence electrons. The van der Waals surface area contributed by atoms with E-state index < -0.39 is 17.3 Å². The molecule has 0 bridgehead atoms. The lowest BCUT2D eigenvalue weighted by Gasteiger charge is -2.44. The maximum atomic E-state index is 9.79. The Morgan fingerprint density at radius 1 is 1.13 bits per heavy atom. The van der Waals surface area contributed by atoms with Crippen LogP contribution in [0.5, 0.6) is 0 Å². The van der Waals surface area contributed by atoms with Crippen LogP contribution in [0.25, 0.3) is 0 Å². The molecular formula is C18H16N5+. The van der Waals surface area contributed by atoms with Crippen LogP contribution in [0.4, 0.5) is 0 Å². The number of hydrogen-bond donors (Lipinski definition) is 2. The second kappa shape index (κ2) is 5.69. The van der Waals surface area contributed by atoms with E-state index in [1.165, 1.54) is 0 Å². The van der Waals surface area contributed by atoms with E-state index in [-0.39, 0.29) is 11.6 Å². The van der Waals surface area contributed by atoms with Crippen molar-refractivity contribution < 1.29 is 5.32 Å². The van der Waals surface area contributed by atoms with E-state index >= 15 is 0 Å². The van der Waals surface area contributed by atoms with Crippen molar-refractivity contribution in [1.82, 2.24) is 0 Å². The Labute approximate surface area is 135 Å². The lowest BCUT2D eigenvalue weighted by Crippen LogP contribution is -2.87. The topological polar surface area (TPSA) is 112 Å². The van der Waals surface area contributed by atoms with Gasteiger partial charge in [0.05, 0.1) is 37.0 Å². The average molecular weight is 302 g/mol. The Kier molecular flexibility index (Phi) is 3.70. The number of nitrogens with one attached hydrogen (secondary N) is 1. The first kappa shape index (κ1) is 15.0. The molecular weight excluding hydrogens is 286 g/mol. The Bertz CT molecular complexity index is 773. The number of nitrogens with two attached hydrogens (primary N) is 1. The minimum atomic E-state index is -1.59. The molecule has 1 aliphatic carbocycles. The zero-order chi connectivity index (χ0) is 16.4. The van der Waals surface area contributed by atoms with E-state index in [0.717, 1.165) is 24.2 Å². The first-order valence-corrected chi connectivity index (χ1v) is 7.57. The molecule has 0 radical (unpaired) electrons. The smallest absolute Gasteiger partial charge is 0.189 e. The van der Waals surface area contributed by atoms with Crippen molar-refractivity contribution in [2.45, 2.75) is 5.92 Å². The van der Waals surface area contributed by atoms with Crippen LogP contribution in [0.3, 0.4) is 0 Å². The highest BCUT2D eigenvalue weighted by Crippen LogP contribution is 2.52. The normalized spacial score (nSPS) is 28.5. The molecule has 3 atom stereocenters. The minimum absolute atomic E-state index is 0.0794. The summed E-state index contributed by atoms with van der Waals surface area (Å²) in [5.41, 5.74) is 0.107. The van der Waals surface area contributed by atoms with Crippen LogP contribution in [-0.2, 0) is 0 Å². The maximum absolute atomic E-state index is 9.79. The van der Waals surface area contributed by atoms with Crippen LogP contribution < -0.4 is 5.32 Å². The van der Waals surface area contributed by atoms with Crippen molar-refractivity contribution in [2.75, 3.05) is 13.1 Å². The Morgan fingerprint density at radius 3 is 2.43 bits per heavy atom. The van der Waals surface area contributed by atoms with Crippen molar-refractivity contribution in [3.8, 4) is 18.2 Å². The molecule has 0 aromatic heterocycles. The highest BCUT2D eigenvalue weighted by atomic mass is 14.9. The zero-order valence-corrected chi connectivity index (χ0v) is 12.5. The van der Waals surface area contributed by atoms with Gasteiger partial charge in [-0.05, 0) is 17.2 Å². The summed E-state index contributed by atoms with van der Waals surface area (Å²) in [6.45, 7) is 1.49. The van der Waals surface area contributed by atoms with E-state index in [1.54, 1.807) is 0 Å². The predicted octanol–water partition coefficient (Wildman–Crippen LogP) is 1.10. The molecule has 2 aliphatic rings. The van der Waals surface area contributed by atoms with Gasteiger partial charge in [-0.15, -0.1) is 0 Å². The second-order valence-electron chi connectivity index (χ2n) is 5.97. The molecule has 1 saturated carbocycles. The Balaban J connectivity index is 2.26. The monoisotopic (exact) mass is 302 g/mol. The van der Waals surface area contributed by atoms with Crippen molar-refractivity contribution >= 4 is 5.71 Å². The fourth-order valence-electron chi connectivity index (χ4n) is 3.87. The quantitative estimate of drug-likeness (QED) is 0.757. The van der Waals surface area contributed by atoms with Crippen molar-refractivity contribution in [2.24, 2.45) is 17.3 Å². The largest absolute Gasteiger partial charge is 0.342 e. The molecule has 1 heterocycles. The van der Waals surface area contributed by atoms with E-state index in [0.29, 0.717) is 0 Å². The minimum Gasteiger partial charge on any atom is -0.342 e. The number of fused-ring (bicyclic) bond motifs is 1. The number of quaternary nitrogens is 1. The summed E-state index contributed by atoms with van der Waals surface area (Å²) in [7, 11) is 0. The van der Waals surface area contributed by atoms with Crippen molar-refractivity contribution in [3.63, 3.8) is 0 Å². The van der Waals surface area contributed by atoms with Gasteiger partial charge in [0.25, 0.3) is 0 Å². The molecule has 1 aromatic carbocycles. The van der Waals surface area contributed by atoms with Gasteiger partial charge in [-0.25, -0.2) is 0 Å². The molecule has 1 aromatic rings. The van der Waals surface area contributed by atoms with E-state index in [9.17, 15) is 15.8 Å². The summed E-state index contributed by atoms with van der Waals surface area (Å²) in [6.07, 6.45) is 1.99. The molecule has 0 saturated heterocycles. The SMILES string of the molecule is N#C[C@H]1C(=N)C(C#N)(C#N)[C@H](c2ccccc2)[C@H]2C[NH2+]CC=C12. The summed E-state index contributed by atoms with van der Waals surface area (Å²) in [6, 6.07) is 15.8. The zero-order valence-electron chi connectivity index (χ0n) is 12.5. The highest BCUT2D eigenvalue weighted by Gasteiger charge is 2.57. The fraction of sp³-hybridized carbons (Fsp3) is 0.333. The molecule has 23 heavy (non-hydrogen) atoms. The third-order valence-electron chi connectivity index (χ3n) is 4.93. The van der Waals surface area contributed by atoms with Crippen LogP contribution in [0.15, 0.2) is 42.0 Å². The number of hydrogen-bond acceptors (Lipinski definition) is 4. The van der Waals surface area contributed by atoms with Gasteiger partial charge in [0.2, 0.25) is 0 Å². The molecule has 0 spiro atoms. The second-order valence-corrected chi connectivity index (χ2v) is 5.97. The number of benzene rings is 1. The van der Waals surface area contributed by atoms with Gasteiger partial charge in [0.1, 0.15) is 5.92 Å². The summed E-state index contributed by atoms with van der Waals surface area (Å²) < 4.78 is 0. The van der Waals surface area contributed by atoms with E-state index in [1.807, 2.05) is 36.4 Å². The van der Waals surface area contributed by atoms with E-state index in [4.69, 9.17) is 5.41 Å². The molecule has 5 heteroatoms. The summed E-state index contributed by atoms with van der Waals surface area (Å²) in [4.78, 5) is 0. The summed E-state index contributed by atoms with van der Waals surface area (Å²) in [5.74, 6) is -1.27. The van der Waals surface area contributed by atoms with Crippen LogP contribution in [0.1, 0.15) is 11.5 Å². The molecule has 0 unspecified atom stereocenters. The molecule has 3 rings (SSSR count). The first-order chi connectivity index (χ1) is 11.2. The van der Waals surface area contributed by atoms with Crippen molar-refractivity contribution in [1.29, 1.82) is 21.2 Å². The standard InChI is InChI=1S/C18H15N5/c19-8-14-13-6-7-23-9-15(13)16(12-4-2-1-3-5-12)18(10-20,11-21)17(14)22/h1-6,14-16,22-23H,7,9H2/p+1/t14-,15+,16-/m1/s1. The van der Waals surface area contributed by atoms with Crippen LogP contribution in [0.2, 0.25) is 0 Å². The van der Waals surface area contributed by atoms with Gasteiger partial charge in [0.15, 0.2) is 5.41 Å². The van der Waals surface area contributed by atoms with Crippen LogP contribution in [-0.4, -0.2) is 18.8 Å². The van der Waals surface area contributed by atoms with Gasteiger partial charge in [-0.1, -0.05) is 30.3 Å². The summed E-state index contributed by atoms with van der Waals surface area (Å²) in [5, 5.41) is 39.7. The molecule has 3 N–H and O–H groups in total. The van der Waals surface area contributed by atoms with Gasteiger partial charge < -0.3 is 10.7 Å². The summed E-state index contributed by atoms with van der Waals surface area (Å²) >= 11 is 0.